The molecule has 0 amide bonds. The van der Waals surface area contributed by atoms with Crippen molar-refractivity contribution in [2.75, 3.05) is 0 Å². The van der Waals surface area contributed by atoms with Gasteiger partial charge in [0, 0.05) is 44.0 Å². The average Bonchev–Trinajstić information content (AvgIpc) is 3.80. The molecule has 262 valence electrons. The fourth-order valence-corrected chi connectivity index (χ4v) is 8.51. The predicted molar refractivity (Wildman–Crippen MR) is 235 cm³/mol. The normalized spacial score (nSPS) is 11.6. The molecule has 0 saturated heterocycles. The summed E-state index contributed by atoms with van der Waals surface area (Å²) in [4.78, 5) is 5.31. The van der Waals surface area contributed by atoms with E-state index < -0.39 is 0 Å². The molecule has 0 aliphatic rings. The maximum atomic E-state index is 5.31. The summed E-state index contributed by atoms with van der Waals surface area (Å²) in [6, 6.07) is 76.2. The lowest BCUT2D eigenvalue weighted by atomic mass is 9.97. The van der Waals surface area contributed by atoms with Crippen LogP contribution in [-0.4, -0.2) is 14.1 Å². The molecule has 11 rings (SSSR count). The van der Waals surface area contributed by atoms with Crippen LogP contribution in [0.25, 0.3) is 99.8 Å². The first-order valence-electron chi connectivity index (χ1n) is 19.1. The van der Waals surface area contributed by atoms with Crippen LogP contribution in [0, 0.1) is 0 Å². The van der Waals surface area contributed by atoms with Crippen molar-refractivity contribution < 1.29 is 0 Å². The SMILES string of the molecule is c1ccc(-c2cc(-c3cccc(-n4c5ccccc5c5ccccc54)c3)cc(-c3cccc(-c4cccc(-n5c6ccccc6c6ccccc65)c4)c3)n2)cc1. The third-order valence-corrected chi connectivity index (χ3v) is 11.1. The van der Waals surface area contributed by atoms with Crippen LogP contribution in [0.3, 0.4) is 0 Å². The lowest BCUT2D eigenvalue weighted by Gasteiger charge is -2.14. The van der Waals surface area contributed by atoms with Crippen molar-refractivity contribution in [3.8, 4) is 56.1 Å². The summed E-state index contributed by atoms with van der Waals surface area (Å²) in [5.41, 5.74) is 15.7. The molecule has 3 heterocycles. The maximum Gasteiger partial charge on any atom is 0.0715 e. The molecule has 8 aromatic carbocycles. The fraction of sp³-hybridized carbons (Fsp3) is 0. The number of hydrogen-bond donors (Lipinski definition) is 0. The Morgan fingerprint density at radius 2 is 0.607 bits per heavy atom. The number of hydrogen-bond acceptors (Lipinski definition) is 1. The van der Waals surface area contributed by atoms with Crippen molar-refractivity contribution >= 4 is 43.6 Å². The zero-order valence-electron chi connectivity index (χ0n) is 30.5. The lowest BCUT2D eigenvalue weighted by Crippen LogP contribution is -1.95. The minimum atomic E-state index is 0.934. The van der Waals surface area contributed by atoms with E-state index in [0.717, 1.165) is 56.1 Å². The van der Waals surface area contributed by atoms with Crippen LogP contribution in [0.15, 0.2) is 212 Å². The van der Waals surface area contributed by atoms with Gasteiger partial charge in [0.25, 0.3) is 0 Å². The summed E-state index contributed by atoms with van der Waals surface area (Å²) in [6.45, 7) is 0. The molecule has 0 aliphatic carbocycles. The second kappa shape index (κ2) is 13.1. The Bertz CT molecular complexity index is 3150. The third-order valence-electron chi connectivity index (χ3n) is 11.1. The molecule has 0 unspecified atom stereocenters. The molecular weight excluding hydrogens is 679 g/mol. The number of rotatable bonds is 6. The van der Waals surface area contributed by atoms with Gasteiger partial charge in [-0.2, -0.15) is 0 Å². The van der Waals surface area contributed by atoms with Crippen LogP contribution in [0.5, 0.6) is 0 Å². The number of fused-ring (bicyclic) bond motifs is 6. The molecular formula is C53H35N3. The van der Waals surface area contributed by atoms with E-state index in [1.54, 1.807) is 0 Å². The van der Waals surface area contributed by atoms with Gasteiger partial charge >= 0.3 is 0 Å². The van der Waals surface area contributed by atoms with Gasteiger partial charge in [0.2, 0.25) is 0 Å². The second-order valence-corrected chi connectivity index (χ2v) is 14.4. The first kappa shape index (κ1) is 32.0. The standard InChI is InChI=1S/C53H35N3/c1-2-15-36(16-3-1)48-34-41(39-19-14-22-43(33-39)56-52-29-10-6-25-46(52)47-26-7-11-30-53(47)56)35-49(54-48)40-20-12-17-37(31-40)38-18-13-21-42(32-38)55-50-27-8-4-23-44(50)45-24-5-9-28-51(45)55/h1-35H. The van der Waals surface area contributed by atoms with E-state index in [4.69, 9.17) is 4.98 Å². The van der Waals surface area contributed by atoms with Crippen molar-refractivity contribution in [1.82, 2.24) is 14.1 Å². The molecule has 0 fully saturated rings. The Kier molecular flexibility index (Phi) is 7.49. The fourth-order valence-electron chi connectivity index (χ4n) is 8.51. The van der Waals surface area contributed by atoms with Gasteiger partial charge in [-0.3, -0.25) is 0 Å². The van der Waals surface area contributed by atoms with Gasteiger partial charge in [-0.05, 0) is 89.0 Å². The number of aromatic nitrogens is 3. The van der Waals surface area contributed by atoms with E-state index in [1.807, 2.05) is 0 Å². The van der Waals surface area contributed by atoms with Gasteiger partial charge in [0.15, 0.2) is 0 Å². The minimum Gasteiger partial charge on any atom is -0.309 e. The Balaban J connectivity index is 1.03. The molecule has 0 N–H and O–H groups in total. The molecule has 3 aromatic heterocycles. The molecule has 0 spiro atoms. The average molecular weight is 714 g/mol. The van der Waals surface area contributed by atoms with Crippen LogP contribution in [0.4, 0.5) is 0 Å². The molecule has 0 bridgehead atoms. The summed E-state index contributed by atoms with van der Waals surface area (Å²) < 4.78 is 4.76. The lowest BCUT2D eigenvalue weighted by molar-refractivity contribution is 1.18. The smallest absolute Gasteiger partial charge is 0.0715 e. The first-order chi connectivity index (χ1) is 27.8. The molecule has 3 heteroatoms. The zero-order chi connectivity index (χ0) is 37.0. The molecule has 0 aliphatic heterocycles. The van der Waals surface area contributed by atoms with Crippen molar-refractivity contribution in [1.29, 1.82) is 0 Å². The monoisotopic (exact) mass is 713 g/mol. The summed E-state index contributed by atoms with van der Waals surface area (Å²) >= 11 is 0. The highest BCUT2D eigenvalue weighted by Gasteiger charge is 2.16. The van der Waals surface area contributed by atoms with Crippen molar-refractivity contribution in [3.63, 3.8) is 0 Å². The van der Waals surface area contributed by atoms with E-state index in [9.17, 15) is 0 Å². The Hall–Kier alpha value is -7.49. The Labute approximate surface area is 325 Å². The van der Waals surface area contributed by atoms with Crippen LogP contribution in [0.2, 0.25) is 0 Å². The zero-order valence-corrected chi connectivity index (χ0v) is 30.5. The van der Waals surface area contributed by atoms with E-state index in [1.165, 1.54) is 43.6 Å². The summed E-state index contributed by atoms with van der Waals surface area (Å²) in [7, 11) is 0. The Morgan fingerprint density at radius 3 is 1.11 bits per heavy atom. The molecule has 56 heavy (non-hydrogen) atoms. The van der Waals surface area contributed by atoms with Crippen LogP contribution in [0.1, 0.15) is 0 Å². The van der Waals surface area contributed by atoms with E-state index in [0.29, 0.717) is 0 Å². The van der Waals surface area contributed by atoms with Crippen LogP contribution in [-0.2, 0) is 0 Å². The molecule has 11 aromatic rings. The largest absolute Gasteiger partial charge is 0.309 e. The minimum absolute atomic E-state index is 0.934. The third kappa shape index (κ3) is 5.32. The van der Waals surface area contributed by atoms with E-state index in [-0.39, 0.29) is 0 Å². The van der Waals surface area contributed by atoms with E-state index >= 15 is 0 Å². The highest BCUT2D eigenvalue weighted by atomic mass is 15.0. The van der Waals surface area contributed by atoms with Crippen LogP contribution < -0.4 is 0 Å². The predicted octanol–water partition coefficient (Wildman–Crippen LogP) is 13.9. The molecule has 0 atom stereocenters. The van der Waals surface area contributed by atoms with Gasteiger partial charge in [0.1, 0.15) is 0 Å². The molecule has 0 radical (unpaired) electrons. The highest BCUT2D eigenvalue weighted by Crippen LogP contribution is 2.37. The number of pyridine rings is 1. The van der Waals surface area contributed by atoms with Gasteiger partial charge in [-0.15, -0.1) is 0 Å². The summed E-state index contributed by atoms with van der Waals surface area (Å²) in [5, 5.41) is 5.03. The van der Waals surface area contributed by atoms with Gasteiger partial charge in [-0.1, -0.05) is 146 Å². The highest BCUT2D eigenvalue weighted by molar-refractivity contribution is 6.10. The number of benzene rings is 8. The van der Waals surface area contributed by atoms with Crippen molar-refractivity contribution in [2.45, 2.75) is 0 Å². The quantitative estimate of drug-likeness (QED) is 0.168. The van der Waals surface area contributed by atoms with E-state index in [2.05, 4.69) is 221 Å². The van der Waals surface area contributed by atoms with Gasteiger partial charge in [0.05, 0.1) is 33.5 Å². The van der Waals surface area contributed by atoms with Crippen molar-refractivity contribution in [3.05, 3.63) is 212 Å². The van der Waals surface area contributed by atoms with Gasteiger partial charge in [-0.25, -0.2) is 4.98 Å². The van der Waals surface area contributed by atoms with Crippen molar-refractivity contribution in [2.24, 2.45) is 0 Å². The number of nitrogens with zero attached hydrogens (tertiary/aromatic N) is 3. The summed E-state index contributed by atoms with van der Waals surface area (Å²) in [6.07, 6.45) is 0. The Morgan fingerprint density at radius 1 is 0.250 bits per heavy atom. The first-order valence-corrected chi connectivity index (χ1v) is 19.1. The second-order valence-electron chi connectivity index (χ2n) is 14.4. The molecule has 0 saturated carbocycles. The van der Waals surface area contributed by atoms with Crippen LogP contribution >= 0.6 is 0 Å². The molecule has 3 nitrogen and oxygen atoms in total. The van der Waals surface area contributed by atoms with Gasteiger partial charge < -0.3 is 9.13 Å². The summed E-state index contributed by atoms with van der Waals surface area (Å²) in [5.74, 6) is 0. The maximum absolute atomic E-state index is 5.31. The topological polar surface area (TPSA) is 22.8 Å². The number of para-hydroxylation sites is 4.